The van der Waals surface area contributed by atoms with Gasteiger partial charge < -0.3 is 10.3 Å². The molecule has 0 atom stereocenters. The summed E-state index contributed by atoms with van der Waals surface area (Å²) in [7, 11) is 0. The Kier molecular flexibility index (Phi) is 2.67. The minimum absolute atomic E-state index is 0.365. The van der Waals surface area contributed by atoms with E-state index < -0.39 is 0 Å². The number of nitrogens with one attached hydrogen (secondary N) is 2. The lowest BCUT2D eigenvalue weighted by Crippen LogP contribution is -1.92. The zero-order valence-electron chi connectivity index (χ0n) is 8.86. The van der Waals surface area contributed by atoms with Crippen molar-refractivity contribution in [3.63, 3.8) is 0 Å². The third-order valence-electron chi connectivity index (χ3n) is 2.09. The first kappa shape index (κ1) is 9.71. The summed E-state index contributed by atoms with van der Waals surface area (Å²) >= 11 is 0. The van der Waals surface area contributed by atoms with Crippen LogP contribution in [0.15, 0.2) is 30.3 Å². The molecule has 0 bridgehead atoms. The number of aromatic amines is 1. The summed E-state index contributed by atoms with van der Waals surface area (Å²) in [6.07, 6.45) is 0. The van der Waals surface area contributed by atoms with E-state index in [1.165, 1.54) is 0 Å². The van der Waals surface area contributed by atoms with Crippen molar-refractivity contribution in [3.05, 3.63) is 36.2 Å². The Morgan fingerprint density at radius 1 is 1.13 bits per heavy atom. The van der Waals surface area contributed by atoms with Crippen LogP contribution in [0.4, 0.5) is 11.6 Å². The zero-order chi connectivity index (χ0) is 10.7. The summed E-state index contributed by atoms with van der Waals surface area (Å²) in [5.74, 6) is 1.95. The highest BCUT2D eigenvalue weighted by Gasteiger charge is 2.05. The molecule has 4 nitrogen and oxygen atoms in total. The predicted molar refractivity (Wildman–Crippen MR) is 60.2 cm³/mol. The molecule has 1 heterocycles. The quantitative estimate of drug-likeness (QED) is 0.804. The summed E-state index contributed by atoms with van der Waals surface area (Å²) in [5, 5.41) is 11.2. The van der Waals surface area contributed by atoms with Gasteiger partial charge in [-0.3, -0.25) is 0 Å². The van der Waals surface area contributed by atoms with E-state index in [-0.39, 0.29) is 0 Å². The van der Waals surface area contributed by atoms with E-state index in [9.17, 15) is 0 Å². The average molecular weight is 202 g/mol. The maximum Gasteiger partial charge on any atom is 0.226 e. The standard InChI is InChI=1S/C11H14N4/c1-8(2)10-13-11(15-14-10)12-9-6-4-3-5-7-9/h3-8H,1-2H3,(H2,12,13,14,15). The van der Waals surface area contributed by atoms with E-state index in [0.29, 0.717) is 11.9 Å². The number of para-hydroxylation sites is 1. The minimum atomic E-state index is 0.365. The van der Waals surface area contributed by atoms with Crippen molar-refractivity contribution in [2.24, 2.45) is 0 Å². The van der Waals surface area contributed by atoms with Crippen LogP contribution in [-0.2, 0) is 0 Å². The minimum Gasteiger partial charge on any atom is -0.324 e. The van der Waals surface area contributed by atoms with Gasteiger partial charge in [-0.15, -0.1) is 10.2 Å². The number of hydrogen-bond donors (Lipinski definition) is 2. The Labute approximate surface area is 88.8 Å². The molecular weight excluding hydrogens is 188 g/mol. The van der Waals surface area contributed by atoms with Crippen LogP contribution >= 0.6 is 0 Å². The third-order valence-corrected chi connectivity index (χ3v) is 2.09. The van der Waals surface area contributed by atoms with Gasteiger partial charge in [-0.1, -0.05) is 32.0 Å². The van der Waals surface area contributed by atoms with Gasteiger partial charge in [0, 0.05) is 11.6 Å². The number of aromatic nitrogens is 3. The van der Waals surface area contributed by atoms with Crippen LogP contribution in [0.3, 0.4) is 0 Å². The van der Waals surface area contributed by atoms with Crippen LogP contribution < -0.4 is 5.32 Å². The van der Waals surface area contributed by atoms with Crippen molar-refractivity contribution in [2.75, 3.05) is 5.32 Å². The van der Waals surface area contributed by atoms with E-state index in [1.807, 2.05) is 30.3 Å². The molecule has 0 aliphatic rings. The molecule has 0 aliphatic heterocycles. The molecule has 0 saturated heterocycles. The topological polar surface area (TPSA) is 53.6 Å². The third kappa shape index (κ3) is 2.34. The van der Waals surface area contributed by atoms with Gasteiger partial charge in [0.05, 0.1) is 0 Å². The van der Waals surface area contributed by atoms with E-state index in [0.717, 1.165) is 11.5 Å². The molecule has 0 amide bonds. The smallest absolute Gasteiger partial charge is 0.226 e. The van der Waals surface area contributed by atoms with E-state index in [4.69, 9.17) is 0 Å². The molecule has 1 aromatic heterocycles. The molecule has 0 fully saturated rings. The van der Waals surface area contributed by atoms with Gasteiger partial charge in [0.2, 0.25) is 5.95 Å². The second-order valence-corrected chi connectivity index (χ2v) is 3.70. The zero-order valence-corrected chi connectivity index (χ0v) is 8.86. The summed E-state index contributed by atoms with van der Waals surface area (Å²) in [6.45, 7) is 4.15. The van der Waals surface area contributed by atoms with Crippen molar-refractivity contribution >= 4 is 11.6 Å². The highest BCUT2D eigenvalue weighted by Crippen LogP contribution is 2.14. The molecular formula is C11H14N4. The van der Waals surface area contributed by atoms with Crippen LogP contribution in [0, 0.1) is 0 Å². The Balaban J connectivity index is 2.12. The van der Waals surface area contributed by atoms with E-state index in [2.05, 4.69) is 34.3 Å². The first-order chi connectivity index (χ1) is 7.25. The highest BCUT2D eigenvalue weighted by atomic mass is 15.3. The van der Waals surface area contributed by atoms with Crippen LogP contribution in [-0.4, -0.2) is 15.2 Å². The van der Waals surface area contributed by atoms with Gasteiger partial charge in [0.1, 0.15) is 5.82 Å². The molecule has 4 heteroatoms. The molecule has 2 rings (SSSR count). The lowest BCUT2D eigenvalue weighted by Gasteiger charge is -2.00. The number of anilines is 2. The SMILES string of the molecule is CC(C)c1nnc(Nc2ccccc2)[nH]1. The van der Waals surface area contributed by atoms with Crippen molar-refractivity contribution in [2.45, 2.75) is 19.8 Å². The van der Waals surface area contributed by atoms with E-state index >= 15 is 0 Å². The largest absolute Gasteiger partial charge is 0.324 e. The Morgan fingerprint density at radius 3 is 2.47 bits per heavy atom. The van der Waals surface area contributed by atoms with Gasteiger partial charge in [-0.25, -0.2) is 0 Å². The first-order valence-electron chi connectivity index (χ1n) is 5.00. The summed E-state index contributed by atoms with van der Waals surface area (Å²) in [6, 6.07) is 9.89. The number of benzene rings is 1. The highest BCUT2D eigenvalue weighted by molar-refractivity contribution is 5.52. The number of rotatable bonds is 3. The maximum absolute atomic E-state index is 4.04. The van der Waals surface area contributed by atoms with Gasteiger partial charge >= 0.3 is 0 Å². The Hall–Kier alpha value is -1.84. The second kappa shape index (κ2) is 4.13. The number of nitrogens with zero attached hydrogens (tertiary/aromatic N) is 2. The monoisotopic (exact) mass is 202 g/mol. The molecule has 0 spiro atoms. The average Bonchev–Trinajstić information content (AvgIpc) is 2.68. The van der Waals surface area contributed by atoms with Crippen molar-refractivity contribution in [3.8, 4) is 0 Å². The van der Waals surface area contributed by atoms with Crippen LogP contribution in [0.25, 0.3) is 0 Å². The predicted octanol–water partition coefficient (Wildman–Crippen LogP) is 2.67. The molecule has 78 valence electrons. The fourth-order valence-electron chi connectivity index (χ4n) is 1.25. The van der Waals surface area contributed by atoms with Crippen LogP contribution in [0.5, 0.6) is 0 Å². The van der Waals surface area contributed by atoms with Gasteiger partial charge in [0.15, 0.2) is 0 Å². The summed E-state index contributed by atoms with van der Waals surface area (Å²) in [5.41, 5.74) is 1.00. The first-order valence-corrected chi connectivity index (χ1v) is 5.00. The van der Waals surface area contributed by atoms with Crippen molar-refractivity contribution < 1.29 is 0 Å². The van der Waals surface area contributed by atoms with Gasteiger partial charge in [-0.05, 0) is 12.1 Å². The molecule has 0 aliphatic carbocycles. The normalized spacial score (nSPS) is 10.6. The molecule has 2 aromatic rings. The maximum atomic E-state index is 4.04. The van der Waals surface area contributed by atoms with Gasteiger partial charge in [0.25, 0.3) is 0 Å². The Morgan fingerprint density at radius 2 is 1.87 bits per heavy atom. The molecule has 0 radical (unpaired) electrons. The Bertz CT molecular complexity index is 419. The molecule has 1 aromatic carbocycles. The van der Waals surface area contributed by atoms with Gasteiger partial charge in [-0.2, -0.15) is 0 Å². The lowest BCUT2D eigenvalue weighted by molar-refractivity contribution is 0.781. The molecule has 0 unspecified atom stereocenters. The number of H-pyrrole nitrogens is 1. The molecule has 2 N–H and O–H groups in total. The molecule has 15 heavy (non-hydrogen) atoms. The van der Waals surface area contributed by atoms with Crippen molar-refractivity contribution in [1.82, 2.24) is 15.2 Å². The molecule has 0 saturated carbocycles. The number of hydrogen-bond acceptors (Lipinski definition) is 3. The van der Waals surface area contributed by atoms with Crippen molar-refractivity contribution in [1.29, 1.82) is 0 Å². The van der Waals surface area contributed by atoms with Crippen LogP contribution in [0.1, 0.15) is 25.6 Å². The lowest BCUT2D eigenvalue weighted by atomic mass is 10.2. The second-order valence-electron chi connectivity index (χ2n) is 3.70. The summed E-state index contributed by atoms with van der Waals surface area (Å²) in [4.78, 5) is 3.13. The fraction of sp³-hybridized carbons (Fsp3) is 0.273. The summed E-state index contributed by atoms with van der Waals surface area (Å²) < 4.78 is 0. The van der Waals surface area contributed by atoms with E-state index in [1.54, 1.807) is 0 Å². The fourth-order valence-corrected chi connectivity index (χ4v) is 1.25. The van der Waals surface area contributed by atoms with Crippen LogP contribution in [0.2, 0.25) is 0 Å².